The lowest BCUT2D eigenvalue weighted by molar-refractivity contribution is -0.122. The molecular formula is C17H24ClN5O2. The summed E-state index contributed by atoms with van der Waals surface area (Å²) in [6.45, 7) is 2.55. The van der Waals surface area contributed by atoms with E-state index >= 15 is 0 Å². The summed E-state index contributed by atoms with van der Waals surface area (Å²) in [4.78, 5) is 25.8. The van der Waals surface area contributed by atoms with Crippen molar-refractivity contribution >= 4 is 23.4 Å². The van der Waals surface area contributed by atoms with Crippen LogP contribution in [-0.4, -0.2) is 49.5 Å². The topological polar surface area (TPSA) is 85.5 Å². The fourth-order valence-corrected chi connectivity index (χ4v) is 2.82. The average molecular weight is 366 g/mol. The van der Waals surface area contributed by atoms with E-state index in [-0.39, 0.29) is 18.4 Å². The van der Waals surface area contributed by atoms with Crippen molar-refractivity contribution in [2.24, 2.45) is 0 Å². The van der Waals surface area contributed by atoms with Gasteiger partial charge < -0.3 is 26.2 Å². The summed E-state index contributed by atoms with van der Waals surface area (Å²) < 4.78 is 0. The minimum Gasteiger partial charge on any atom is -0.373 e. The van der Waals surface area contributed by atoms with Crippen molar-refractivity contribution in [2.45, 2.75) is 19.0 Å². The molecule has 1 atom stereocenters. The molecule has 0 bridgehead atoms. The van der Waals surface area contributed by atoms with Crippen LogP contribution in [0.4, 0.5) is 0 Å². The zero-order valence-corrected chi connectivity index (χ0v) is 15.4. The number of halogens is 1. The molecule has 1 unspecified atom stereocenters. The number of carbonyl (C=O) groups is 2. The first kappa shape index (κ1) is 18.9. The minimum atomic E-state index is -0.669. The van der Waals surface area contributed by atoms with Gasteiger partial charge in [0.15, 0.2) is 5.62 Å². The van der Waals surface area contributed by atoms with Crippen molar-refractivity contribution in [3.05, 3.63) is 46.9 Å². The molecule has 1 aliphatic heterocycles. The molecule has 2 amide bonds. The second-order valence-electron chi connectivity index (χ2n) is 5.75. The highest BCUT2D eigenvalue weighted by Gasteiger charge is 2.34. The highest BCUT2D eigenvalue weighted by molar-refractivity contribution is 6.21. The van der Waals surface area contributed by atoms with Gasteiger partial charge in [-0.05, 0) is 18.9 Å². The number of hydrogen-bond donors (Lipinski definition) is 4. The summed E-state index contributed by atoms with van der Waals surface area (Å²) in [5, 5.41) is 11.2. The molecule has 1 heterocycles. The maximum absolute atomic E-state index is 12.2. The van der Waals surface area contributed by atoms with Crippen LogP contribution in [0.15, 0.2) is 35.8 Å². The third-order valence-corrected chi connectivity index (χ3v) is 4.27. The number of aryl methyl sites for hydroxylation is 1. The van der Waals surface area contributed by atoms with Crippen molar-refractivity contribution < 1.29 is 9.59 Å². The Labute approximate surface area is 152 Å². The Morgan fingerprint density at radius 2 is 1.92 bits per heavy atom. The number of nitrogens with zero attached hydrogens (tertiary/aromatic N) is 1. The molecule has 8 heteroatoms. The Balaban J connectivity index is 1.91. The number of likely N-dealkylation sites (N-methyl/N-ethyl adjacent to an activating group) is 1. The van der Waals surface area contributed by atoms with Crippen LogP contribution in [0.2, 0.25) is 0 Å². The van der Waals surface area contributed by atoms with Crippen LogP contribution < -0.4 is 21.3 Å². The van der Waals surface area contributed by atoms with Crippen LogP contribution in [0.5, 0.6) is 0 Å². The van der Waals surface area contributed by atoms with Crippen molar-refractivity contribution in [2.75, 3.05) is 27.2 Å². The number of amides is 2. The molecule has 25 heavy (non-hydrogen) atoms. The molecular weight excluding hydrogens is 342 g/mol. The third-order valence-electron chi connectivity index (χ3n) is 3.92. The predicted molar refractivity (Wildman–Crippen MR) is 97.5 cm³/mol. The lowest BCUT2D eigenvalue weighted by Gasteiger charge is -2.23. The predicted octanol–water partition coefficient (Wildman–Crippen LogP) is 0.216. The molecule has 1 aromatic rings. The van der Waals surface area contributed by atoms with E-state index in [0.717, 1.165) is 12.0 Å². The molecule has 4 N–H and O–H groups in total. The summed E-state index contributed by atoms with van der Waals surface area (Å²) in [5.74, 6) is -0.0161. The van der Waals surface area contributed by atoms with Gasteiger partial charge in [-0.1, -0.05) is 41.4 Å². The number of nitrogens with one attached hydrogen (secondary N) is 4. The van der Waals surface area contributed by atoms with Gasteiger partial charge in [0.1, 0.15) is 18.1 Å². The SMILES string of the molecule is CNC(=O)C1=C(NC)NC(Cl)N1CC(=O)NCCc1ccc(C)cc1. The fourth-order valence-electron chi connectivity index (χ4n) is 2.55. The lowest BCUT2D eigenvalue weighted by atomic mass is 10.1. The lowest BCUT2D eigenvalue weighted by Crippen LogP contribution is -2.43. The van der Waals surface area contributed by atoms with E-state index < -0.39 is 5.62 Å². The van der Waals surface area contributed by atoms with Gasteiger partial charge in [-0.25, -0.2) is 0 Å². The van der Waals surface area contributed by atoms with E-state index in [1.165, 1.54) is 17.5 Å². The largest absolute Gasteiger partial charge is 0.373 e. The van der Waals surface area contributed by atoms with Crippen molar-refractivity contribution in [3.63, 3.8) is 0 Å². The molecule has 1 aromatic carbocycles. The first-order valence-corrected chi connectivity index (χ1v) is 8.53. The zero-order valence-electron chi connectivity index (χ0n) is 14.6. The van der Waals surface area contributed by atoms with Gasteiger partial charge in [0.2, 0.25) is 5.91 Å². The summed E-state index contributed by atoms with van der Waals surface area (Å²) in [7, 11) is 3.21. The number of alkyl halides is 1. The summed E-state index contributed by atoms with van der Waals surface area (Å²) in [6, 6.07) is 8.19. The van der Waals surface area contributed by atoms with Crippen LogP contribution in [0.25, 0.3) is 0 Å². The van der Waals surface area contributed by atoms with E-state index in [4.69, 9.17) is 11.6 Å². The van der Waals surface area contributed by atoms with E-state index in [1.54, 1.807) is 7.05 Å². The zero-order chi connectivity index (χ0) is 18.4. The number of rotatable bonds is 7. The quantitative estimate of drug-likeness (QED) is 0.410. The second-order valence-corrected chi connectivity index (χ2v) is 6.16. The van der Waals surface area contributed by atoms with E-state index in [1.807, 2.05) is 31.2 Å². The minimum absolute atomic E-state index is 0.0109. The molecule has 2 rings (SSSR count). The van der Waals surface area contributed by atoms with Gasteiger partial charge in [0, 0.05) is 20.6 Å². The Hall–Kier alpha value is -2.41. The normalized spacial score (nSPS) is 16.5. The van der Waals surface area contributed by atoms with Crippen LogP contribution in [-0.2, 0) is 16.0 Å². The molecule has 7 nitrogen and oxygen atoms in total. The fraction of sp³-hybridized carbons (Fsp3) is 0.412. The molecule has 0 saturated carbocycles. The van der Waals surface area contributed by atoms with Crippen LogP contribution in [0.1, 0.15) is 11.1 Å². The van der Waals surface area contributed by atoms with Crippen molar-refractivity contribution in [1.82, 2.24) is 26.2 Å². The summed E-state index contributed by atoms with van der Waals surface area (Å²) in [5.41, 5.74) is 2.01. The second kappa shape index (κ2) is 8.62. The number of benzene rings is 1. The molecule has 1 aliphatic rings. The van der Waals surface area contributed by atoms with E-state index in [9.17, 15) is 9.59 Å². The molecule has 0 fully saturated rings. The molecule has 0 saturated heterocycles. The Kier molecular flexibility index (Phi) is 6.52. The number of hydrogen-bond acceptors (Lipinski definition) is 5. The van der Waals surface area contributed by atoms with Crippen LogP contribution >= 0.6 is 11.6 Å². The first-order chi connectivity index (χ1) is 12.0. The van der Waals surface area contributed by atoms with Crippen LogP contribution in [0, 0.1) is 6.92 Å². The highest BCUT2D eigenvalue weighted by Crippen LogP contribution is 2.20. The van der Waals surface area contributed by atoms with Gasteiger partial charge in [-0.15, -0.1) is 0 Å². The maximum atomic E-state index is 12.2. The Bertz CT molecular complexity index is 660. The summed E-state index contributed by atoms with van der Waals surface area (Å²) >= 11 is 6.21. The molecule has 0 aromatic heterocycles. The Morgan fingerprint density at radius 1 is 1.24 bits per heavy atom. The van der Waals surface area contributed by atoms with Gasteiger partial charge >= 0.3 is 0 Å². The van der Waals surface area contributed by atoms with Gasteiger partial charge in [-0.2, -0.15) is 0 Å². The third kappa shape index (κ3) is 4.79. The standard InChI is InChI=1S/C17H24ClN5O2/c1-11-4-6-12(7-5-11)8-9-21-13(24)10-23-14(16(25)20-3)15(19-2)22-17(23)18/h4-7,17,19,22H,8-10H2,1-3H3,(H,20,25)(H,21,24). The average Bonchev–Trinajstić information content (AvgIpc) is 2.91. The number of carbonyl (C=O) groups excluding carboxylic acids is 2. The molecule has 0 aliphatic carbocycles. The van der Waals surface area contributed by atoms with Crippen LogP contribution in [0.3, 0.4) is 0 Å². The summed E-state index contributed by atoms with van der Waals surface area (Å²) in [6.07, 6.45) is 0.745. The Morgan fingerprint density at radius 3 is 2.52 bits per heavy atom. The van der Waals surface area contributed by atoms with Gasteiger partial charge in [0.05, 0.1) is 0 Å². The van der Waals surface area contributed by atoms with Crippen molar-refractivity contribution in [3.8, 4) is 0 Å². The van der Waals surface area contributed by atoms with E-state index in [0.29, 0.717) is 18.1 Å². The van der Waals surface area contributed by atoms with E-state index in [2.05, 4.69) is 21.3 Å². The maximum Gasteiger partial charge on any atom is 0.271 e. The monoisotopic (exact) mass is 365 g/mol. The van der Waals surface area contributed by atoms with Crippen molar-refractivity contribution in [1.29, 1.82) is 0 Å². The molecule has 0 spiro atoms. The van der Waals surface area contributed by atoms with Gasteiger partial charge in [0.25, 0.3) is 5.91 Å². The highest BCUT2D eigenvalue weighted by atomic mass is 35.5. The van der Waals surface area contributed by atoms with Gasteiger partial charge in [-0.3, -0.25) is 9.59 Å². The molecule has 0 radical (unpaired) electrons. The smallest absolute Gasteiger partial charge is 0.271 e. The molecule has 136 valence electrons. The first-order valence-electron chi connectivity index (χ1n) is 8.10.